The summed E-state index contributed by atoms with van der Waals surface area (Å²) in [7, 11) is 1.49. The Morgan fingerprint density at radius 2 is 2.07 bits per heavy atom. The Bertz CT molecular complexity index is 912. The van der Waals surface area contributed by atoms with Gasteiger partial charge in [0.1, 0.15) is 23.2 Å². The molecule has 9 heteroatoms. The average Bonchev–Trinajstić information content (AvgIpc) is 3.22. The molecular weight excluding hydrogens is 366 g/mol. The van der Waals surface area contributed by atoms with E-state index in [0.717, 1.165) is 0 Å². The lowest BCUT2D eigenvalue weighted by atomic mass is 10.1. The summed E-state index contributed by atoms with van der Waals surface area (Å²) < 4.78 is 14.9. The number of rotatable bonds is 7. The van der Waals surface area contributed by atoms with E-state index in [-0.39, 0.29) is 12.1 Å². The van der Waals surface area contributed by atoms with E-state index in [1.807, 2.05) is 5.32 Å². The van der Waals surface area contributed by atoms with Crippen LogP contribution in [0.2, 0.25) is 0 Å². The molecule has 0 saturated carbocycles. The summed E-state index contributed by atoms with van der Waals surface area (Å²) in [5.41, 5.74) is 0.248. The largest absolute Gasteiger partial charge is 0.497 e. The van der Waals surface area contributed by atoms with E-state index < -0.39 is 24.5 Å². The van der Waals surface area contributed by atoms with Crippen LogP contribution in [0, 0.1) is 11.3 Å². The first-order valence-corrected chi connectivity index (χ1v) is 8.05. The number of amides is 3. The van der Waals surface area contributed by atoms with Gasteiger partial charge in [-0.15, -0.1) is 0 Å². The molecule has 0 radical (unpaired) electrons. The highest BCUT2D eigenvalue weighted by molar-refractivity contribution is 6.00. The maximum Gasteiger partial charge on any atom is 0.349 e. The Kier molecular flexibility index (Phi) is 7.36. The zero-order valence-electron chi connectivity index (χ0n) is 14.9. The molecule has 0 spiro atoms. The topological polar surface area (TPSA) is 131 Å². The van der Waals surface area contributed by atoms with Crippen LogP contribution in [-0.4, -0.2) is 31.6 Å². The predicted molar refractivity (Wildman–Crippen MR) is 96.6 cm³/mol. The summed E-state index contributed by atoms with van der Waals surface area (Å²) in [6.45, 7) is -0.627. The summed E-state index contributed by atoms with van der Waals surface area (Å²) >= 11 is 0. The van der Waals surface area contributed by atoms with Gasteiger partial charge in [-0.2, -0.15) is 5.26 Å². The van der Waals surface area contributed by atoms with Gasteiger partial charge in [0.15, 0.2) is 6.61 Å². The van der Waals surface area contributed by atoms with E-state index >= 15 is 0 Å². The quantitative estimate of drug-likeness (QED) is 0.423. The summed E-state index contributed by atoms with van der Waals surface area (Å²) in [4.78, 5) is 35.2. The lowest BCUT2D eigenvalue weighted by molar-refractivity contribution is -0.144. The van der Waals surface area contributed by atoms with Crippen LogP contribution in [0.3, 0.4) is 0 Å². The van der Waals surface area contributed by atoms with E-state index in [9.17, 15) is 14.4 Å². The summed E-state index contributed by atoms with van der Waals surface area (Å²) in [6.07, 6.45) is 2.75. The van der Waals surface area contributed by atoms with Crippen LogP contribution in [0.5, 0.6) is 5.75 Å². The van der Waals surface area contributed by atoms with Gasteiger partial charge in [-0.3, -0.25) is 10.1 Å². The van der Waals surface area contributed by atoms with E-state index in [2.05, 4.69) is 5.32 Å². The number of esters is 1. The number of nitrogens with zero attached hydrogens (tertiary/aromatic N) is 1. The number of carbonyl (C=O) groups excluding carboxylic acids is 3. The monoisotopic (exact) mass is 383 g/mol. The molecule has 144 valence electrons. The Labute approximate surface area is 160 Å². The molecule has 2 rings (SSSR count). The molecule has 0 atom stereocenters. The number of furan rings is 1. The fraction of sp³-hybridized carbons (Fsp3) is 0.158. The number of nitrogens with one attached hydrogen (secondary N) is 2. The molecule has 28 heavy (non-hydrogen) atoms. The van der Waals surface area contributed by atoms with Gasteiger partial charge < -0.3 is 19.2 Å². The van der Waals surface area contributed by atoms with Gasteiger partial charge in [-0.05, 0) is 35.9 Å². The normalized spacial score (nSPS) is 10.5. The van der Waals surface area contributed by atoms with Gasteiger partial charge in [0.2, 0.25) is 0 Å². The van der Waals surface area contributed by atoms with Crippen molar-refractivity contribution < 1.29 is 28.3 Å². The van der Waals surface area contributed by atoms with E-state index in [1.54, 1.807) is 42.5 Å². The van der Waals surface area contributed by atoms with E-state index in [4.69, 9.17) is 19.2 Å². The minimum absolute atomic E-state index is 0.0910. The van der Waals surface area contributed by atoms with Gasteiger partial charge in [0.25, 0.3) is 5.91 Å². The van der Waals surface area contributed by atoms with Crippen molar-refractivity contribution in [3.63, 3.8) is 0 Å². The van der Waals surface area contributed by atoms with Gasteiger partial charge in [0, 0.05) is 0 Å². The minimum Gasteiger partial charge on any atom is -0.497 e. The molecule has 9 nitrogen and oxygen atoms in total. The maximum atomic E-state index is 12.0. The highest BCUT2D eigenvalue weighted by Gasteiger charge is 2.15. The molecule has 1 heterocycles. The van der Waals surface area contributed by atoms with Gasteiger partial charge in [0.05, 0.1) is 19.9 Å². The molecule has 2 aromatic rings. The van der Waals surface area contributed by atoms with Crippen LogP contribution in [0.25, 0.3) is 6.08 Å². The van der Waals surface area contributed by atoms with Crippen LogP contribution < -0.4 is 15.4 Å². The number of nitriles is 1. The van der Waals surface area contributed by atoms with E-state index in [1.165, 1.54) is 19.4 Å². The average molecular weight is 383 g/mol. The molecule has 0 aliphatic carbocycles. The molecule has 2 N–H and O–H groups in total. The lowest BCUT2D eigenvalue weighted by Gasteiger charge is -2.06. The number of hydrogen-bond donors (Lipinski definition) is 2. The molecular formula is C19H17N3O6. The smallest absolute Gasteiger partial charge is 0.349 e. The Morgan fingerprint density at radius 3 is 2.75 bits per heavy atom. The molecule has 3 amide bonds. The molecule has 0 unspecified atom stereocenters. The van der Waals surface area contributed by atoms with Gasteiger partial charge in [-0.25, -0.2) is 9.59 Å². The van der Waals surface area contributed by atoms with Crippen molar-refractivity contribution in [1.29, 1.82) is 5.26 Å². The SMILES string of the molecule is COc1cccc(/C=C(\C#N)C(=O)OCC(=O)NC(=O)NCc2ccco2)c1. The standard InChI is InChI=1S/C19H17N3O6/c1-26-15-5-2-4-13(9-15)8-14(10-20)18(24)28-12-17(23)22-19(25)21-11-16-6-3-7-27-16/h2-9H,11-12H2,1H3,(H2,21,22,23,25)/b14-8+. The summed E-state index contributed by atoms with van der Waals surface area (Å²) in [5.74, 6) is -0.768. The first-order valence-electron chi connectivity index (χ1n) is 8.05. The number of imide groups is 1. The van der Waals surface area contributed by atoms with Crippen molar-refractivity contribution in [3.05, 3.63) is 59.6 Å². The fourth-order valence-electron chi connectivity index (χ4n) is 2.03. The number of methoxy groups -OCH3 is 1. The lowest BCUT2D eigenvalue weighted by Crippen LogP contribution is -2.41. The van der Waals surface area contributed by atoms with Crippen molar-refractivity contribution in [3.8, 4) is 11.8 Å². The van der Waals surface area contributed by atoms with Gasteiger partial charge in [-0.1, -0.05) is 12.1 Å². The third-order valence-electron chi connectivity index (χ3n) is 3.34. The van der Waals surface area contributed by atoms with Crippen molar-refractivity contribution >= 4 is 24.0 Å². The molecule has 0 saturated heterocycles. The van der Waals surface area contributed by atoms with Crippen LogP contribution in [0.4, 0.5) is 4.79 Å². The van der Waals surface area contributed by atoms with Crippen molar-refractivity contribution in [2.24, 2.45) is 0 Å². The molecule has 0 aliphatic rings. The number of carbonyl (C=O) groups is 3. The van der Waals surface area contributed by atoms with Crippen LogP contribution in [-0.2, 0) is 20.9 Å². The third-order valence-corrected chi connectivity index (χ3v) is 3.34. The zero-order chi connectivity index (χ0) is 20.4. The molecule has 0 aliphatic heterocycles. The first kappa shape index (κ1) is 20.3. The molecule has 1 aromatic heterocycles. The second kappa shape index (κ2) is 10.2. The van der Waals surface area contributed by atoms with Crippen molar-refractivity contribution in [1.82, 2.24) is 10.6 Å². The van der Waals surface area contributed by atoms with Gasteiger partial charge >= 0.3 is 12.0 Å². The molecule has 0 bridgehead atoms. The maximum absolute atomic E-state index is 12.0. The zero-order valence-corrected chi connectivity index (χ0v) is 14.9. The van der Waals surface area contributed by atoms with E-state index in [0.29, 0.717) is 17.1 Å². The Balaban J connectivity index is 1.83. The Hall–Kier alpha value is -4.06. The predicted octanol–water partition coefficient (Wildman–Crippen LogP) is 1.76. The van der Waals surface area contributed by atoms with Crippen LogP contribution in [0.1, 0.15) is 11.3 Å². The molecule has 0 fully saturated rings. The van der Waals surface area contributed by atoms with Crippen LogP contribution >= 0.6 is 0 Å². The first-order chi connectivity index (χ1) is 13.5. The number of hydrogen-bond acceptors (Lipinski definition) is 7. The summed E-state index contributed by atoms with van der Waals surface area (Å²) in [5, 5.41) is 13.5. The highest BCUT2D eigenvalue weighted by atomic mass is 16.5. The van der Waals surface area contributed by atoms with Crippen molar-refractivity contribution in [2.45, 2.75) is 6.54 Å². The van der Waals surface area contributed by atoms with Crippen molar-refractivity contribution in [2.75, 3.05) is 13.7 Å². The molecule has 1 aromatic carbocycles. The second-order valence-electron chi connectivity index (χ2n) is 5.33. The number of benzene rings is 1. The number of urea groups is 1. The second-order valence-corrected chi connectivity index (χ2v) is 5.33. The number of ether oxygens (including phenoxy) is 2. The summed E-state index contributed by atoms with van der Waals surface area (Å²) in [6, 6.07) is 11.0. The van der Waals surface area contributed by atoms with Crippen LogP contribution in [0.15, 0.2) is 52.7 Å². The highest BCUT2D eigenvalue weighted by Crippen LogP contribution is 2.15. The fourth-order valence-corrected chi connectivity index (χ4v) is 2.03. The third kappa shape index (κ3) is 6.34. The Morgan fingerprint density at radius 1 is 1.25 bits per heavy atom. The minimum atomic E-state index is -0.989.